The fraction of sp³-hybridized carbons (Fsp3) is 0.0476. The number of anilines is 6. The quantitative estimate of drug-likeness (QED) is 0.177. The molecule has 8 aromatic rings. The van der Waals surface area contributed by atoms with Gasteiger partial charge in [-0.1, -0.05) is 18.2 Å². The minimum absolute atomic E-state index is 0.143. The number of aromatic nitrogens is 4. The Labute approximate surface area is 286 Å². The van der Waals surface area contributed by atoms with Gasteiger partial charge in [0, 0.05) is 76.8 Å². The molecule has 10 rings (SSSR count). The Morgan fingerprint density at radius 1 is 0.560 bits per heavy atom. The molecule has 0 saturated carbocycles. The van der Waals surface area contributed by atoms with Crippen LogP contribution in [0.1, 0.15) is 23.7 Å². The number of fused-ring (bicyclic) bond motifs is 8. The SMILES string of the molecule is C1=Cc2oc3cc(N(c4ccncc4)c4ccccn4)ccc3c2C2CC=c3oc4cc(N(c5ccncc5)c5ccccn5)ccc4c3=C12. The van der Waals surface area contributed by atoms with Crippen molar-refractivity contribution >= 4 is 74.0 Å². The van der Waals surface area contributed by atoms with Crippen LogP contribution in [0.2, 0.25) is 0 Å². The highest BCUT2D eigenvalue weighted by Gasteiger charge is 2.30. The molecule has 1 atom stereocenters. The first-order valence-corrected chi connectivity index (χ1v) is 16.5. The molecule has 1 unspecified atom stereocenters. The molecule has 0 spiro atoms. The zero-order valence-electron chi connectivity index (χ0n) is 26.7. The van der Waals surface area contributed by atoms with E-state index in [0.717, 1.165) is 79.1 Å². The van der Waals surface area contributed by atoms with Crippen molar-refractivity contribution in [2.45, 2.75) is 12.3 Å². The van der Waals surface area contributed by atoms with Crippen molar-refractivity contribution in [1.29, 1.82) is 0 Å². The first-order valence-electron chi connectivity index (χ1n) is 16.5. The lowest BCUT2D eigenvalue weighted by Crippen LogP contribution is -2.29. The van der Waals surface area contributed by atoms with E-state index in [1.807, 2.05) is 66.9 Å². The van der Waals surface area contributed by atoms with Crippen LogP contribution < -0.4 is 20.4 Å². The van der Waals surface area contributed by atoms with Gasteiger partial charge in [0.25, 0.3) is 0 Å². The Kier molecular flexibility index (Phi) is 6.45. The molecule has 0 radical (unpaired) electrons. The maximum absolute atomic E-state index is 6.58. The van der Waals surface area contributed by atoms with Crippen molar-refractivity contribution in [3.8, 4) is 0 Å². The summed E-state index contributed by atoms with van der Waals surface area (Å²) in [5, 5.41) is 3.34. The van der Waals surface area contributed by atoms with Crippen molar-refractivity contribution in [3.05, 3.63) is 162 Å². The Morgan fingerprint density at radius 2 is 1.16 bits per heavy atom. The molecule has 238 valence electrons. The number of hydrogen-bond donors (Lipinski definition) is 0. The summed E-state index contributed by atoms with van der Waals surface area (Å²) in [5.74, 6) is 2.67. The number of benzene rings is 2. The first-order chi connectivity index (χ1) is 24.8. The molecule has 8 nitrogen and oxygen atoms in total. The van der Waals surface area contributed by atoms with Crippen LogP contribution in [-0.2, 0) is 0 Å². The van der Waals surface area contributed by atoms with Crippen LogP contribution in [0.4, 0.5) is 34.4 Å². The molecule has 50 heavy (non-hydrogen) atoms. The molecular formula is C42H28N6O2. The van der Waals surface area contributed by atoms with Gasteiger partial charge in [-0.3, -0.25) is 19.8 Å². The largest absolute Gasteiger partial charge is 0.456 e. The van der Waals surface area contributed by atoms with E-state index in [9.17, 15) is 0 Å². The van der Waals surface area contributed by atoms with Crippen molar-refractivity contribution in [1.82, 2.24) is 19.9 Å². The van der Waals surface area contributed by atoms with Crippen LogP contribution in [-0.4, -0.2) is 19.9 Å². The second-order valence-corrected chi connectivity index (χ2v) is 12.3. The van der Waals surface area contributed by atoms with E-state index in [0.29, 0.717) is 0 Å². The molecule has 0 aliphatic heterocycles. The average Bonchev–Trinajstić information content (AvgIpc) is 3.75. The molecular weight excluding hydrogens is 621 g/mol. The third-order valence-electron chi connectivity index (χ3n) is 9.52. The zero-order chi connectivity index (χ0) is 33.0. The molecule has 0 N–H and O–H groups in total. The summed E-state index contributed by atoms with van der Waals surface area (Å²) >= 11 is 0. The van der Waals surface area contributed by atoms with E-state index in [1.54, 1.807) is 31.0 Å². The van der Waals surface area contributed by atoms with E-state index in [4.69, 9.17) is 8.83 Å². The Bertz CT molecular complexity index is 2610. The minimum atomic E-state index is 0.143. The van der Waals surface area contributed by atoms with Gasteiger partial charge in [-0.05, 0) is 96.9 Å². The average molecular weight is 649 g/mol. The highest BCUT2D eigenvalue weighted by atomic mass is 16.3. The number of rotatable bonds is 6. The smallest absolute Gasteiger partial charge is 0.137 e. The summed E-state index contributed by atoms with van der Waals surface area (Å²) in [6.07, 6.45) is 18.1. The molecule has 8 heteroatoms. The van der Waals surface area contributed by atoms with Crippen molar-refractivity contribution in [2.24, 2.45) is 0 Å². The van der Waals surface area contributed by atoms with Crippen LogP contribution in [0.5, 0.6) is 0 Å². The number of allylic oxidation sites excluding steroid dienone is 1. The number of nitrogens with zero attached hydrogens (tertiary/aromatic N) is 6. The lowest BCUT2D eigenvalue weighted by molar-refractivity contribution is 0.567. The second-order valence-electron chi connectivity index (χ2n) is 12.3. The van der Waals surface area contributed by atoms with Gasteiger partial charge in [0.2, 0.25) is 0 Å². The van der Waals surface area contributed by atoms with E-state index in [2.05, 4.69) is 84.4 Å². The topological polar surface area (TPSA) is 84.3 Å². The summed E-state index contributed by atoms with van der Waals surface area (Å²) in [7, 11) is 0. The Balaban J connectivity index is 1.07. The molecule has 2 aliphatic carbocycles. The monoisotopic (exact) mass is 648 g/mol. The van der Waals surface area contributed by atoms with Crippen molar-refractivity contribution in [2.75, 3.05) is 9.80 Å². The van der Waals surface area contributed by atoms with Crippen LogP contribution >= 0.6 is 0 Å². The fourth-order valence-corrected chi connectivity index (χ4v) is 7.38. The van der Waals surface area contributed by atoms with Crippen molar-refractivity contribution in [3.63, 3.8) is 0 Å². The Hall–Kier alpha value is -6.80. The standard InChI is InChI=1S/C42H28N6O2/c1-3-19-45-39(5-1)47(27-15-21-43-22-16-27)29-7-9-33-37(25-29)49-35-13-11-32-31(41(33)35)12-14-36-42(32)34-10-8-30(26-38(34)50-36)48(28-17-23-44-24-18-28)40-6-2-4-20-46-40/h1-11,13-26,31H,12H2. The maximum Gasteiger partial charge on any atom is 0.137 e. The van der Waals surface area contributed by atoms with Gasteiger partial charge in [-0.2, -0.15) is 0 Å². The zero-order valence-corrected chi connectivity index (χ0v) is 26.7. The van der Waals surface area contributed by atoms with E-state index in [-0.39, 0.29) is 5.92 Å². The summed E-state index contributed by atoms with van der Waals surface area (Å²) in [6.45, 7) is 0. The third kappa shape index (κ3) is 4.53. The maximum atomic E-state index is 6.58. The third-order valence-corrected chi connectivity index (χ3v) is 9.52. The van der Waals surface area contributed by atoms with Crippen molar-refractivity contribution < 1.29 is 8.83 Å². The van der Waals surface area contributed by atoms with Gasteiger partial charge in [0.1, 0.15) is 34.0 Å². The Morgan fingerprint density at radius 3 is 1.76 bits per heavy atom. The van der Waals surface area contributed by atoms with Gasteiger partial charge in [-0.25, -0.2) is 9.97 Å². The van der Waals surface area contributed by atoms with Crippen LogP contribution in [0.15, 0.2) is 149 Å². The lowest BCUT2D eigenvalue weighted by atomic mass is 9.80. The molecule has 6 aromatic heterocycles. The summed E-state index contributed by atoms with van der Waals surface area (Å²) in [6, 6.07) is 32.6. The first kappa shape index (κ1) is 28.2. The predicted octanol–water partition coefficient (Wildman–Crippen LogP) is 8.84. The van der Waals surface area contributed by atoms with Gasteiger partial charge < -0.3 is 8.83 Å². The fourth-order valence-electron chi connectivity index (χ4n) is 7.38. The van der Waals surface area contributed by atoms with E-state index < -0.39 is 0 Å². The van der Waals surface area contributed by atoms with Crippen LogP contribution in [0.25, 0.3) is 39.7 Å². The number of hydrogen-bond acceptors (Lipinski definition) is 8. The van der Waals surface area contributed by atoms with Crippen LogP contribution in [0.3, 0.4) is 0 Å². The van der Waals surface area contributed by atoms with E-state index >= 15 is 0 Å². The van der Waals surface area contributed by atoms with Gasteiger partial charge in [0.05, 0.1) is 22.7 Å². The molecule has 2 aromatic carbocycles. The highest BCUT2D eigenvalue weighted by molar-refractivity contribution is 5.97. The molecule has 0 amide bonds. The summed E-state index contributed by atoms with van der Waals surface area (Å²) in [5.41, 5.74) is 8.89. The van der Waals surface area contributed by atoms with E-state index in [1.165, 1.54) is 11.1 Å². The second kappa shape index (κ2) is 11.4. The van der Waals surface area contributed by atoms with Gasteiger partial charge >= 0.3 is 0 Å². The van der Waals surface area contributed by atoms with Gasteiger partial charge in [0.15, 0.2) is 0 Å². The molecule has 6 heterocycles. The number of furan rings is 2. The normalized spacial score (nSPS) is 14.6. The molecule has 2 aliphatic rings. The molecule has 0 saturated heterocycles. The molecule has 0 fully saturated rings. The van der Waals surface area contributed by atoms with Crippen LogP contribution in [0, 0.1) is 0 Å². The lowest BCUT2D eigenvalue weighted by Gasteiger charge is -2.24. The van der Waals surface area contributed by atoms with Gasteiger partial charge in [-0.15, -0.1) is 0 Å². The number of pyridine rings is 4. The minimum Gasteiger partial charge on any atom is -0.456 e. The highest BCUT2D eigenvalue weighted by Crippen LogP contribution is 2.45. The summed E-state index contributed by atoms with van der Waals surface area (Å²) < 4.78 is 13.1. The summed E-state index contributed by atoms with van der Waals surface area (Å²) in [4.78, 5) is 22.0. The predicted molar refractivity (Wildman–Crippen MR) is 196 cm³/mol. The molecule has 0 bridgehead atoms.